The zero-order valence-corrected chi connectivity index (χ0v) is 18.3. The van der Waals surface area contributed by atoms with Gasteiger partial charge in [-0.3, -0.25) is 19.7 Å². The van der Waals surface area contributed by atoms with Gasteiger partial charge in [-0.25, -0.2) is 4.90 Å². The highest BCUT2D eigenvalue weighted by Crippen LogP contribution is 2.37. The Morgan fingerprint density at radius 2 is 1.79 bits per heavy atom. The van der Waals surface area contributed by atoms with Crippen LogP contribution >= 0.6 is 0 Å². The lowest BCUT2D eigenvalue weighted by Gasteiger charge is -2.34. The fraction of sp³-hybridized carbons (Fsp3) is 0.333. The molecule has 2 aliphatic rings. The van der Waals surface area contributed by atoms with Crippen molar-refractivity contribution in [3.05, 3.63) is 69.9 Å². The van der Waals surface area contributed by atoms with E-state index in [1.807, 2.05) is 11.8 Å². The van der Waals surface area contributed by atoms with Gasteiger partial charge >= 0.3 is 0 Å². The van der Waals surface area contributed by atoms with Crippen LogP contribution in [0.25, 0.3) is 5.57 Å². The van der Waals surface area contributed by atoms with Crippen LogP contribution in [0.5, 0.6) is 5.75 Å². The van der Waals surface area contributed by atoms with Crippen molar-refractivity contribution in [1.29, 1.82) is 0 Å². The Labute approximate surface area is 191 Å². The van der Waals surface area contributed by atoms with Crippen LogP contribution in [0.4, 0.5) is 11.4 Å². The highest BCUT2D eigenvalue weighted by atomic mass is 16.6. The first-order chi connectivity index (χ1) is 15.9. The Balaban J connectivity index is 1.76. The molecule has 1 fully saturated rings. The van der Waals surface area contributed by atoms with Gasteiger partial charge in [-0.1, -0.05) is 0 Å². The largest absolute Gasteiger partial charge is 0.494 e. The summed E-state index contributed by atoms with van der Waals surface area (Å²) in [5.41, 5.74) is 1.23. The first kappa shape index (κ1) is 22.5. The molecule has 0 aromatic heterocycles. The first-order valence-corrected chi connectivity index (χ1v) is 10.9. The molecule has 0 bridgehead atoms. The molecular weight excluding hydrogens is 426 g/mol. The van der Waals surface area contributed by atoms with E-state index in [0.717, 1.165) is 17.7 Å². The number of aliphatic hydroxyl groups excluding tert-OH is 1. The van der Waals surface area contributed by atoms with Crippen molar-refractivity contribution >= 4 is 28.8 Å². The molecule has 0 spiro atoms. The number of ether oxygens (including phenoxy) is 1. The van der Waals surface area contributed by atoms with Crippen molar-refractivity contribution in [3.8, 4) is 5.75 Å². The van der Waals surface area contributed by atoms with Crippen LogP contribution in [0.2, 0.25) is 0 Å². The van der Waals surface area contributed by atoms with E-state index in [0.29, 0.717) is 36.7 Å². The van der Waals surface area contributed by atoms with Gasteiger partial charge in [0.05, 0.1) is 22.8 Å². The minimum Gasteiger partial charge on any atom is -0.494 e. The molecule has 1 N–H and O–H groups in total. The first-order valence-electron chi connectivity index (χ1n) is 10.9. The van der Waals surface area contributed by atoms with Crippen molar-refractivity contribution in [1.82, 2.24) is 4.90 Å². The molecule has 1 atom stereocenters. The lowest BCUT2D eigenvalue weighted by Crippen LogP contribution is -2.40. The average Bonchev–Trinajstić information content (AvgIpc) is 3.09. The van der Waals surface area contributed by atoms with Gasteiger partial charge in [-0.2, -0.15) is 0 Å². The molecule has 2 amide bonds. The molecular formula is C24H25N3O6. The fourth-order valence-electron chi connectivity index (χ4n) is 4.33. The summed E-state index contributed by atoms with van der Waals surface area (Å²) in [4.78, 5) is 40.7. The van der Waals surface area contributed by atoms with E-state index in [1.165, 1.54) is 24.3 Å². The summed E-state index contributed by atoms with van der Waals surface area (Å²) in [7, 11) is 0. The van der Waals surface area contributed by atoms with Gasteiger partial charge in [0.1, 0.15) is 11.4 Å². The molecule has 1 saturated heterocycles. The summed E-state index contributed by atoms with van der Waals surface area (Å²) in [6.07, 6.45) is 1.63. The van der Waals surface area contributed by atoms with Gasteiger partial charge in [0.2, 0.25) is 0 Å². The van der Waals surface area contributed by atoms with E-state index in [-0.39, 0.29) is 29.5 Å². The third-order valence-electron chi connectivity index (χ3n) is 5.93. The van der Waals surface area contributed by atoms with Gasteiger partial charge in [0.15, 0.2) is 0 Å². The highest BCUT2D eigenvalue weighted by Gasteiger charge is 2.43. The second-order valence-corrected chi connectivity index (χ2v) is 8.04. The van der Waals surface area contributed by atoms with Crippen molar-refractivity contribution in [2.24, 2.45) is 5.92 Å². The Bertz CT molecular complexity index is 1090. The molecule has 0 radical (unpaired) electrons. The summed E-state index contributed by atoms with van der Waals surface area (Å²) < 4.78 is 5.45. The van der Waals surface area contributed by atoms with Crippen molar-refractivity contribution in [2.45, 2.75) is 19.8 Å². The number of non-ortho nitro benzene ring substituents is 1. The summed E-state index contributed by atoms with van der Waals surface area (Å²) >= 11 is 0. The third kappa shape index (κ3) is 4.31. The number of carbonyl (C=O) groups is 2. The molecule has 4 rings (SSSR count). The van der Waals surface area contributed by atoms with Gasteiger partial charge in [0, 0.05) is 31.8 Å². The van der Waals surface area contributed by atoms with E-state index in [4.69, 9.17) is 4.74 Å². The van der Waals surface area contributed by atoms with E-state index >= 15 is 0 Å². The lowest BCUT2D eigenvalue weighted by molar-refractivity contribution is -0.384. The minimum atomic E-state index is -0.511. The average molecular weight is 451 g/mol. The second-order valence-electron chi connectivity index (χ2n) is 8.04. The minimum absolute atomic E-state index is 0.00138. The standard InChI is InChI=1S/C24H25N3O6/c1-2-33-20-11-9-18(10-12-20)26-23(29)21(17-5-7-19(8-6-17)27(31)32)22(24(26)30)25-13-3-4-16(14-25)15-28/h5-12,16,28H,2-4,13-15H2,1H3. The van der Waals surface area contributed by atoms with Crippen LogP contribution in [0, 0.1) is 16.0 Å². The summed E-state index contributed by atoms with van der Waals surface area (Å²) in [5.74, 6) is -0.298. The highest BCUT2D eigenvalue weighted by molar-refractivity contribution is 6.45. The number of piperidine rings is 1. The predicted molar refractivity (Wildman–Crippen MR) is 122 cm³/mol. The van der Waals surface area contributed by atoms with Crippen LogP contribution in [0.3, 0.4) is 0 Å². The number of anilines is 1. The van der Waals surface area contributed by atoms with Crippen LogP contribution < -0.4 is 9.64 Å². The van der Waals surface area contributed by atoms with E-state index < -0.39 is 16.7 Å². The Hall–Kier alpha value is -3.72. The number of hydrogen-bond acceptors (Lipinski definition) is 7. The number of likely N-dealkylation sites (tertiary alicyclic amines) is 1. The zero-order valence-electron chi connectivity index (χ0n) is 18.3. The molecule has 2 heterocycles. The van der Waals surface area contributed by atoms with Crippen molar-refractivity contribution in [2.75, 3.05) is 31.2 Å². The quantitative estimate of drug-likeness (QED) is 0.391. The van der Waals surface area contributed by atoms with Crippen LogP contribution in [0.15, 0.2) is 54.2 Å². The molecule has 33 heavy (non-hydrogen) atoms. The SMILES string of the molecule is CCOc1ccc(N2C(=O)C(c3ccc([N+](=O)[O-])cc3)=C(N3CCCC(CO)C3)C2=O)cc1. The number of nitro benzene ring substituents is 1. The van der Waals surface area contributed by atoms with Crippen molar-refractivity contribution in [3.63, 3.8) is 0 Å². The number of aliphatic hydroxyl groups is 1. The van der Waals surface area contributed by atoms with Gasteiger partial charge in [-0.15, -0.1) is 0 Å². The number of amides is 2. The molecule has 2 aromatic rings. The molecule has 172 valence electrons. The monoisotopic (exact) mass is 451 g/mol. The molecule has 0 aliphatic carbocycles. The van der Waals surface area contributed by atoms with Crippen LogP contribution in [0.1, 0.15) is 25.3 Å². The lowest BCUT2D eigenvalue weighted by atomic mass is 9.97. The molecule has 9 heteroatoms. The molecule has 2 aliphatic heterocycles. The summed E-state index contributed by atoms with van der Waals surface area (Å²) in [6.45, 7) is 3.41. The van der Waals surface area contributed by atoms with Crippen LogP contribution in [-0.4, -0.2) is 53.0 Å². The maximum Gasteiger partial charge on any atom is 0.282 e. The normalized spacial score (nSPS) is 18.8. The molecule has 2 aromatic carbocycles. The number of carbonyl (C=O) groups excluding carboxylic acids is 2. The number of nitro groups is 1. The Kier molecular flexibility index (Phi) is 6.41. The smallest absolute Gasteiger partial charge is 0.282 e. The van der Waals surface area contributed by atoms with Gasteiger partial charge in [-0.05, 0) is 67.6 Å². The van der Waals surface area contributed by atoms with E-state index in [2.05, 4.69) is 0 Å². The number of rotatable bonds is 7. The van der Waals surface area contributed by atoms with Crippen molar-refractivity contribution < 1.29 is 24.4 Å². The summed E-state index contributed by atoms with van der Waals surface area (Å²) in [6, 6.07) is 12.3. The second kappa shape index (κ2) is 9.41. The molecule has 9 nitrogen and oxygen atoms in total. The molecule has 0 saturated carbocycles. The predicted octanol–water partition coefficient (Wildman–Crippen LogP) is 2.98. The van der Waals surface area contributed by atoms with Gasteiger partial charge in [0.25, 0.3) is 17.5 Å². The Morgan fingerprint density at radius 1 is 1.09 bits per heavy atom. The fourth-order valence-corrected chi connectivity index (χ4v) is 4.33. The van der Waals surface area contributed by atoms with E-state index in [1.54, 1.807) is 24.3 Å². The Morgan fingerprint density at radius 3 is 2.39 bits per heavy atom. The number of imide groups is 1. The number of benzene rings is 2. The number of nitrogens with zero attached hydrogens (tertiary/aromatic N) is 3. The summed E-state index contributed by atoms with van der Waals surface area (Å²) in [5, 5.41) is 20.7. The van der Waals surface area contributed by atoms with Gasteiger partial charge < -0.3 is 14.7 Å². The van der Waals surface area contributed by atoms with Crippen LogP contribution in [-0.2, 0) is 9.59 Å². The number of hydrogen-bond donors (Lipinski definition) is 1. The maximum absolute atomic E-state index is 13.6. The third-order valence-corrected chi connectivity index (χ3v) is 5.93. The van der Waals surface area contributed by atoms with E-state index in [9.17, 15) is 24.8 Å². The maximum atomic E-state index is 13.6. The molecule has 1 unspecified atom stereocenters. The topological polar surface area (TPSA) is 113 Å². The zero-order chi connectivity index (χ0) is 23.5.